The third-order valence-corrected chi connectivity index (χ3v) is 5.63. The molecule has 1 aliphatic rings. The second kappa shape index (κ2) is 6.11. The van der Waals surface area contributed by atoms with E-state index in [0.717, 1.165) is 5.69 Å². The van der Waals surface area contributed by atoms with Crippen LogP contribution in [0.2, 0.25) is 0 Å². The van der Waals surface area contributed by atoms with Crippen LogP contribution in [-0.4, -0.2) is 0 Å². The van der Waals surface area contributed by atoms with Crippen LogP contribution in [0.25, 0.3) is 11.1 Å². The lowest BCUT2D eigenvalue weighted by molar-refractivity contribution is 0.768. The molecule has 4 aromatic rings. The summed E-state index contributed by atoms with van der Waals surface area (Å²) < 4.78 is 0. The van der Waals surface area contributed by atoms with Crippen molar-refractivity contribution in [2.24, 2.45) is 5.84 Å². The molecule has 0 amide bonds. The fourth-order valence-corrected chi connectivity index (χ4v) is 4.53. The minimum absolute atomic E-state index is 0.360. The Labute approximate surface area is 159 Å². The fraction of sp³-hybridized carbons (Fsp3) is 0.0400. The summed E-state index contributed by atoms with van der Waals surface area (Å²) >= 11 is 0. The van der Waals surface area contributed by atoms with Gasteiger partial charge in [-0.05, 0) is 45.5 Å². The molecule has 27 heavy (non-hydrogen) atoms. The molecule has 1 aliphatic carbocycles. The van der Waals surface area contributed by atoms with E-state index in [0.29, 0.717) is 0 Å². The van der Waals surface area contributed by atoms with E-state index in [2.05, 4.69) is 102 Å². The molecule has 0 radical (unpaired) electrons. The summed E-state index contributed by atoms with van der Waals surface area (Å²) in [5.74, 6) is 5.76. The van der Waals surface area contributed by atoms with Gasteiger partial charge in [0.1, 0.15) is 0 Å². The molecular formula is C25H20N2. The Balaban J connectivity index is 1.97. The van der Waals surface area contributed by atoms with Crippen molar-refractivity contribution in [3.8, 4) is 11.1 Å². The quantitative estimate of drug-likeness (QED) is 0.341. The van der Waals surface area contributed by atoms with Gasteiger partial charge in [-0.15, -0.1) is 0 Å². The van der Waals surface area contributed by atoms with Crippen LogP contribution < -0.4 is 11.3 Å². The van der Waals surface area contributed by atoms with E-state index < -0.39 is 0 Å². The summed E-state index contributed by atoms with van der Waals surface area (Å²) in [6, 6.07) is 36.6. The number of hydrogen-bond acceptors (Lipinski definition) is 2. The third-order valence-electron chi connectivity index (χ3n) is 5.63. The standard InChI is InChI=1S/C25H20N2/c26-27-20-15-16-22-21-13-7-8-14-23(21)25(24(22)17-20,18-9-3-1-4-10-18)19-11-5-2-6-12-19/h1-17,27H,26H2. The Morgan fingerprint density at radius 3 is 1.74 bits per heavy atom. The first-order valence-electron chi connectivity index (χ1n) is 9.18. The molecular weight excluding hydrogens is 328 g/mol. The number of hydrazine groups is 1. The summed E-state index contributed by atoms with van der Waals surface area (Å²) in [5.41, 5.74) is 11.0. The lowest BCUT2D eigenvalue weighted by Crippen LogP contribution is -2.28. The van der Waals surface area contributed by atoms with Crippen LogP contribution in [0.1, 0.15) is 22.3 Å². The monoisotopic (exact) mass is 348 g/mol. The molecule has 0 aromatic heterocycles. The van der Waals surface area contributed by atoms with Crippen molar-refractivity contribution in [3.63, 3.8) is 0 Å². The van der Waals surface area contributed by atoms with E-state index in [9.17, 15) is 0 Å². The zero-order valence-corrected chi connectivity index (χ0v) is 14.9. The normalized spacial score (nSPS) is 13.7. The van der Waals surface area contributed by atoms with Crippen LogP contribution in [0.4, 0.5) is 5.69 Å². The van der Waals surface area contributed by atoms with Crippen molar-refractivity contribution in [3.05, 3.63) is 125 Å². The zero-order valence-electron chi connectivity index (χ0n) is 14.9. The number of rotatable bonds is 3. The highest BCUT2D eigenvalue weighted by molar-refractivity contribution is 5.87. The smallest absolute Gasteiger partial charge is 0.0714 e. The molecule has 3 N–H and O–H groups in total. The van der Waals surface area contributed by atoms with Crippen molar-refractivity contribution < 1.29 is 0 Å². The maximum Gasteiger partial charge on any atom is 0.0714 e. The van der Waals surface area contributed by atoms with Gasteiger partial charge in [-0.1, -0.05) is 91.0 Å². The molecule has 0 saturated carbocycles. The second-order valence-electron chi connectivity index (χ2n) is 6.93. The van der Waals surface area contributed by atoms with Crippen LogP contribution in [-0.2, 0) is 5.41 Å². The van der Waals surface area contributed by atoms with Crippen molar-refractivity contribution in [1.29, 1.82) is 0 Å². The average Bonchev–Trinajstić information content (AvgIpc) is 3.05. The first kappa shape index (κ1) is 15.9. The summed E-state index contributed by atoms with van der Waals surface area (Å²) in [5, 5.41) is 0. The van der Waals surface area contributed by atoms with Crippen molar-refractivity contribution >= 4 is 5.69 Å². The molecule has 0 heterocycles. The molecule has 0 bridgehead atoms. The summed E-state index contributed by atoms with van der Waals surface area (Å²) in [6.07, 6.45) is 0. The predicted octanol–water partition coefficient (Wildman–Crippen LogP) is 5.34. The third kappa shape index (κ3) is 2.17. The second-order valence-corrected chi connectivity index (χ2v) is 6.93. The van der Waals surface area contributed by atoms with Crippen molar-refractivity contribution in [2.75, 3.05) is 5.43 Å². The Kier molecular flexibility index (Phi) is 3.59. The Hall–Kier alpha value is -3.36. The molecule has 0 aliphatic heterocycles. The van der Waals surface area contributed by atoms with E-state index in [4.69, 9.17) is 5.84 Å². The van der Waals surface area contributed by atoms with Crippen LogP contribution >= 0.6 is 0 Å². The number of nitrogen functional groups attached to an aromatic ring is 1. The topological polar surface area (TPSA) is 38.0 Å². The number of benzene rings is 4. The lowest BCUT2D eigenvalue weighted by atomic mass is 9.67. The van der Waals surface area contributed by atoms with E-state index in [1.165, 1.54) is 33.4 Å². The van der Waals surface area contributed by atoms with Crippen LogP contribution in [0, 0.1) is 0 Å². The molecule has 0 spiro atoms. The van der Waals surface area contributed by atoms with E-state index >= 15 is 0 Å². The van der Waals surface area contributed by atoms with Gasteiger partial charge in [-0.2, -0.15) is 0 Å². The van der Waals surface area contributed by atoms with Gasteiger partial charge in [0.05, 0.1) is 5.41 Å². The molecule has 0 unspecified atom stereocenters. The van der Waals surface area contributed by atoms with Gasteiger partial charge in [0.15, 0.2) is 0 Å². The molecule has 130 valence electrons. The fourth-order valence-electron chi connectivity index (χ4n) is 4.53. The largest absolute Gasteiger partial charge is 0.324 e. The van der Waals surface area contributed by atoms with Gasteiger partial charge in [-0.3, -0.25) is 5.84 Å². The van der Waals surface area contributed by atoms with E-state index in [-0.39, 0.29) is 5.41 Å². The maximum absolute atomic E-state index is 5.76. The molecule has 0 saturated heterocycles. The molecule has 0 fully saturated rings. The average molecular weight is 348 g/mol. The van der Waals surface area contributed by atoms with Gasteiger partial charge in [0.25, 0.3) is 0 Å². The Bertz CT molecular complexity index is 1060. The minimum Gasteiger partial charge on any atom is -0.324 e. The Morgan fingerprint density at radius 2 is 1.11 bits per heavy atom. The van der Waals surface area contributed by atoms with Gasteiger partial charge >= 0.3 is 0 Å². The maximum atomic E-state index is 5.76. The molecule has 5 rings (SSSR count). The SMILES string of the molecule is NNc1ccc2c(c1)C(c1ccccc1)(c1ccccc1)c1ccccc1-2. The zero-order chi connectivity index (χ0) is 18.3. The highest BCUT2D eigenvalue weighted by Gasteiger charge is 2.45. The van der Waals surface area contributed by atoms with E-state index in [1.807, 2.05) is 6.07 Å². The molecule has 4 aromatic carbocycles. The lowest BCUT2D eigenvalue weighted by Gasteiger charge is -2.34. The van der Waals surface area contributed by atoms with Crippen molar-refractivity contribution in [1.82, 2.24) is 0 Å². The number of fused-ring (bicyclic) bond motifs is 3. The molecule has 2 heteroatoms. The van der Waals surface area contributed by atoms with E-state index in [1.54, 1.807) is 0 Å². The number of hydrogen-bond donors (Lipinski definition) is 2. The van der Waals surface area contributed by atoms with Crippen LogP contribution in [0.3, 0.4) is 0 Å². The van der Waals surface area contributed by atoms with Crippen LogP contribution in [0.15, 0.2) is 103 Å². The summed E-state index contributed by atoms with van der Waals surface area (Å²) in [7, 11) is 0. The highest BCUT2D eigenvalue weighted by atomic mass is 15.2. The predicted molar refractivity (Wildman–Crippen MR) is 112 cm³/mol. The summed E-state index contributed by atoms with van der Waals surface area (Å²) in [6.45, 7) is 0. The van der Waals surface area contributed by atoms with Crippen LogP contribution in [0.5, 0.6) is 0 Å². The summed E-state index contributed by atoms with van der Waals surface area (Å²) in [4.78, 5) is 0. The van der Waals surface area contributed by atoms with Gasteiger partial charge < -0.3 is 5.43 Å². The Morgan fingerprint density at radius 1 is 0.556 bits per heavy atom. The first-order valence-corrected chi connectivity index (χ1v) is 9.18. The van der Waals surface area contributed by atoms with Gasteiger partial charge in [0.2, 0.25) is 0 Å². The first-order chi connectivity index (χ1) is 13.4. The number of nitrogens with one attached hydrogen (secondary N) is 1. The minimum atomic E-state index is -0.360. The highest BCUT2D eigenvalue weighted by Crippen LogP contribution is 2.56. The van der Waals surface area contributed by atoms with Gasteiger partial charge in [-0.25, -0.2) is 0 Å². The van der Waals surface area contributed by atoms with Gasteiger partial charge in [0, 0.05) is 5.69 Å². The number of anilines is 1. The van der Waals surface area contributed by atoms with Crippen molar-refractivity contribution in [2.45, 2.75) is 5.41 Å². The molecule has 0 atom stereocenters. The molecule has 2 nitrogen and oxygen atoms in total. The number of nitrogens with two attached hydrogens (primary N) is 1.